The Hall–Kier alpha value is -2.68. The van der Waals surface area contributed by atoms with E-state index in [4.69, 9.17) is 10.5 Å². The molecular formula is C23H23N3OS. The average Bonchev–Trinajstić information content (AvgIpc) is 3.18. The molecule has 0 saturated carbocycles. The highest BCUT2D eigenvalue weighted by atomic mass is 32.1. The minimum absolute atomic E-state index is 0.0278. The molecule has 28 heavy (non-hydrogen) atoms. The molecule has 1 unspecified atom stereocenters. The van der Waals surface area contributed by atoms with Gasteiger partial charge in [-0.05, 0) is 68.0 Å². The van der Waals surface area contributed by atoms with Crippen molar-refractivity contribution in [1.29, 1.82) is 5.26 Å². The number of benzene rings is 2. The number of aromatic nitrogens is 1. The number of nitrogens with zero attached hydrogens (tertiary/aromatic N) is 2. The molecule has 0 aliphatic heterocycles. The average molecular weight is 390 g/mol. The van der Waals surface area contributed by atoms with Crippen molar-refractivity contribution >= 4 is 11.3 Å². The van der Waals surface area contributed by atoms with Crippen molar-refractivity contribution in [3.63, 3.8) is 0 Å². The Balaban J connectivity index is 1.70. The summed E-state index contributed by atoms with van der Waals surface area (Å²) in [6.45, 7) is 3.91. The molecule has 0 fully saturated rings. The molecule has 2 aromatic carbocycles. The molecular weight excluding hydrogens is 366 g/mol. The van der Waals surface area contributed by atoms with Crippen molar-refractivity contribution in [2.45, 2.75) is 45.3 Å². The van der Waals surface area contributed by atoms with Gasteiger partial charge < -0.3 is 10.5 Å². The fourth-order valence-electron chi connectivity index (χ4n) is 3.76. The van der Waals surface area contributed by atoms with Gasteiger partial charge in [0.2, 0.25) is 0 Å². The second-order valence-corrected chi connectivity index (χ2v) is 8.42. The molecule has 142 valence electrons. The highest BCUT2D eigenvalue weighted by Gasteiger charge is 2.21. The minimum Gasteiger partial charge on any atom is -0.490 e. The van der Waals surface area contributed by atoms with Crippen molar-refractivity contribution in [3.8, 4) is 32.8 Å². The normalized spacial score (nSPS) is 15.9. The zero-order chi connectivity index (χ0) is 19.7. The maximum Gasteiger partial charge on any atom is 0.137 e. The van der Waals surface area contributed by atoms with Gasteiger partial charge in [-0.3, -0.25) is 0 Å². The number of thiazole rings is 1. The second kappa shape index (κ2) is 7.75. The highest BCUT2D eigenvalue weighted by Crippen LogP contribution is 2.39. The molecule has 0 amide bonds. The first-order valence-corrected chi connectivity index (χ1v) is 10.4. The van der Waals surface area contributed by atoms with Crippen LogP contribution in [-0.2, 0) is 6.42 Å². The van der Waals surface area contributed by atoms with Crippen molar-refractivity contribution in [1.82, 2.24) is 4.98 Å². The summed E-state index contributed by atoms with van der Waals surface area (Å²) in [5.41, 5.74) is 11.6. The van der Waals surface area contributed by atoms with E-state index in [1.165, 1.54) is 16.7 Å². The van der Waals surface area contributed by atoms with E-state index >= 15 is 0 Å². The molecule has 0 radical (unpaired) electrons. The SMILES string of the molecule is CC(C)Oc1ccc(-c2ncc(-c3cccc4c3CCCC4N)s2)cc1C#N. The Kier molecular flexibility index (Phi) is 5.17. The van der Waals surface area contributed by atoms with Gasteiger partial charge in [-0.15, -0.1) is 11.3 Å². The molecule has 4 rings (SSSR count). The Morgan fingerprint density at radius 2 is 2.14 bits per heavy atom. The first kappa shape index (κ1) is 18.7. The van der Waals surface area contributed by atoms with Crippen LogP contribution in [0.4, 0.5) is 0 Å². The second-order valence-electron chi connectivity index (χ2n) is 7.39. The van der Waals surface area contributed by atoms with Crippen molar-refractivity contribution in [3.05, 3.63) is 59.3 Å². The summed E-state index contributed by atoms with van der Waals surface area (Å²) in [6, 6.07) is 14.4. The number of hydrogen-bond donors (Lipinski definition) is 1. The van der Waals surface area contributed by atoms with E-state index in [0.717, 1.165) is 34.7 Å². The lowest BCUT2D eigenvalue weighted by molar-refractivity contribution is 0.242. The largest absolute Gasteiger partial charge is 0.490 e. The number of nitriles is 1. The van der Waals surface area contributed by atoms with Gasteiger partial charge in [-0.25, -0.2) is 4.98 Å². The van der Waals surface area contributed by atoms with Crippen LogP contribution in [0.2, 0.25) is 0 Å². The number of rotatable bonds is 4. The summed E-state index contributed by atoms with van der Waals surface area (Å²) < 4.78 is 5.72. The molecule has 1 aliphatic rings. The number of fused-ring (bicyclic) bond motifs is 1. The number of ether oxygens (including phenoxy) is 1. The van der Waals surface area contributed by atoms with Crippen LogP contribution in [0.1, 0.15) is 49.4 Å². The molecule has 0 saturated heterocycles. The molecule has 0 bridgehead atoms. The Morgan fingerprint density at radius 3 is 2.93 bits per heavy atom. The number of nitrogens with two attached hydrogens (primary N) is 1. The Labute approximate surface area is 169 Å². The van der Waals surface area contributed by atoms with Crippen LogP contribution >= 0.6 is 11.3 Å². The first-order chi connectivity index (χ1) is 13.6. The third kappa shape index (κ3) is 3.54. The van der Waals surface area contributed by atoms with E-state index in [0.29, 0.717) is 11.3 Å². The maximum absolute atomic E-state index is 9.48. The third-order valence-corrected chi connectivity index (χ3v) is 6.11. The van der Waals surface area contributed by atoms with Crippen LogP contribution in [0.3, 0.4) is 0 Å². The summed E-state index contributed by atoms with van der Waals surface area (Å²) in [5, 5.41) is 10.4. The summed E-state index contributed by atoms with van der Waals surface area (Å²) in [4.78, 5) is 5.77. The van der Waals surface area contributed by atoms with E-state index in [1.807, 2.05) is 38.2 Å². The minimum atomic E-state index is 0.0278. The zero-order valence-corrected chi connectivity index (χ0v) is 16.9. The molecule has 2 N–H and O–H groups in total. The molecule has 1 aliphatic carbocycles. The van der Waals surface area contributed by atoms with Gasteiger partial charge in [0.05, 0.1) is 16.5 Å². The van der Waals surface area contributed by atoms with E-state index in [9.17, 15) is 5.26 Å². The molecule has 3 aromatic rings. The number of hydrogen-bond acceptors (Lipinski definition) is 5. The van der Waals surface area contributed by atoms with Crippen molar-refractivity contribution in [2.75, 3.05) is 0 Å². The molecule has 1 atom stereocenters. The lowest BCUT2D eigenvalue weighted by Gasteiger charge is -2.24. The molecule has 4 nitrogen and oxygen atoms in total. The lowest BCUT2D eigenvalue weighted by atomic mass is 9.85. The van der Waals surface area contributed by atoms with Crippen molar-refractivity contribution in [2.24, 2.45) is 5.73 Å². The monoisotopic (exact) mass is 389 g/mol. The Morgan fingerprint density at radius 1 is 1.29 bits per heavy atom. The van der Waals surface area contributed by atoms with Crippen LogP contribution in [-0.4, -0.2) is 11.1 Å². The quantitative estimate of drug-likeness (QED) is 0.642. The molecule has 1 aromatic heterocycles. The summed E-state index contributed by atoms with van der Waals surface area (Å²) in [5.74, 6) is 0.615. The zero-order valence-electron chi connectivity index (χ0n) is 16.1. The third-order valence-electron chi connectivity index (χ3n) is 5.03. The summed E-state index contributed by atoms with van der Waals surface area (Å²) in [7, 11) is 0. The topological polar surface area (TPSA) is 71.9 Å². The van der Waals surface area contributed by atoms with Crippen LogP contribution in [0.5, 0.6) is 5.75 Å². The van der Waals surface area contributed by atoms with E-state index in [-0.39, 0.29) is 12.1 Å². The Bertz CT molecular complexity index is 1050. The molecule has 5 heteroatoms. The molecule has 1 heterocycles. The van der Waals surface area contributed by atoms with E-state index in [2.05, 4.69) is 29.3 Å². The fourth-order valence-corrected chi connectivity index (χ4v) is 4.72. The van der Waals surface area contributed by atoms with E-state index < -0.39 is 0 Å². The highest BCUT2D eigenvalue weighted by molar-refractivity contribution is 7.18. The van der Waals surface area contributed by atoms with Crippen LogP contribution in [0.15, 0.2) is 42.6 Å². The molecule has 0 spiro atoms. The summed E-state index contributed by atoms with van der Waals surface area (Å²) in [6.07, 6.45) is 5.19. The van der Waals surface area contributed by atoms with Gasteiger partial charge in [0.25, 0.3) is 0 Å². The summed E-state index contributed by atoms with van der Waals surface area (Å²) >= 11 is 1.65. The smallest absolute Gasteiger partial charge is 0.137 e. The fraction of sp³-hybridized carbons (Fsp3) is 0.304. The predicted octanol–water partition coefficient (Wildman–Crippen LogP) is 5.47. The van der Waals surface area contributed by atoms with Crippen molar-refractivity contribution < 1.29 is 4.74 Å². The van der Waals surface area contributed by atoms with Crippen LogP contribution in [0.25, 0.3) is 21.0 Å². The van der Waals surface area contributed by atoms with Crippen LogP contribution < -0.4 is 10.5 Å². The van der Waals surface area contributed by atoms with Gasteiger partial charge >= 0.3 is 0 Å². The predicted molar refractivity (Wildman–Crippen MR) is 113 cm³/mol. The maximum atomic E-state index is 9.48. The van der Waals surface area contributed by atoms with Gasteiger partial charge in [0.1, 0.15) is 16.8 Å². The van der Waals surface area contributed by atoms with Gasteiger partial charge in [-0.2, -0.15) is 5.26 Å². The van der Waals surface area contributed by atoms with Crippen LogP contribution in [0, 0.1) is 11.3 Å². The van der Waals surface area contributed by atoms with Gasteiger partial charge in [0, 0.05) is 17.8 Å². The van der Waals surface area contributed by atoms with Gasteiger partial charge in [0.15, 0.2) is 0 Å². The van der Waals surface area contributed by atoms with E-state index in [1.54, 1.807) is 11.3 Å². The first-order valence-electron chi connectivity index (χ1n) is 9.61. The lowest BCUT2D eigenvalue weighted by Crippen LogP contribution is -2.17. The van der Waals surface area contributed by atoms with Gasteiger partial charge in [-0.1, -0.05) is 18.2 Å². The standard InChI is InChI=1S/C23H23N3OS/c1-14(2)27-21-10-9-15(11-16(21)12-24)23-26-13-22(28-23)19-7-3-6-18-17(19)5-4-8-20(18)25/h3,6-7,9-11,13-14,20H,4-5,8,25H2,1-2H3.